The lowest BCUT2D eigenvalue weighted by molar-refractivity contribution is 0.102. The van der Waals surface area contributed by atoms with Gasteiger partial charge >= 0.3 is 0 Å². The molecule has 0 aliphatic heterocycles. The summed E-state index contributed by atoms with van der Waals surface area (Å²) >= 11 is 0. The highest BCUT2D eigenvalue weighted by Crippen LogP contribution is 2.23. The van der Waals surface area contributed by atoms with Crippen molar-refractivity contribution in [2.75, 3.05) is 24.9 Å². The maximum absolute atomic E-state index is 12.5. The van der Waals surface area contributed by atoms with Crippen molar-refractivity contribution < 1.29 is 14.3 Å². The molecule has 3 aromatic rings. The number of nitrogens with one attached hydrogen (secondary N) is 2. The van der Waals surface area contributed by atoms with Crippen LogP contribution in [0.1, 0.15) is 15.9 Å². The first-order valence-electron chi connectivity index (χ1n) is 8.41. The van der Waals surface area contributed by atoms with E-state index in [2.05, 4.69) is 15.6 Å². The number of aromatic nitrogens is 1. The summed E-state index contributed by atoms with van der Waals surface area (Å²) in [7, 11) is 3.08. The second-order valence-corrected chi connectivity index (χ2v) is 5.98. The number of pyridine rings is 1. The van der Waals surface area contributed by atoms with Gasteiger partial charge in [0.1, 0.15) is 17.3 Å². The lowest BCUT2D eigenvalue weighted by Crippen LogP contribution is -2.13. The topological polar surface area (TPSA) is 72.5 Å². The highest BCUT2D eigenvalue weighted by molar-refractivity contribution is 6.04. The molecule has 6 heteroatoms. The van der Waals surface area contributed by atoms with Gasteiger partial charge in [0.25, 0.3) is 5.91 Å². The lowest BCUT2D eigenvalue weighted by atomic mass is 10.2. The van der Waals surface area contributed by atoms with Crippen LogP contribution in [0, 0.1) is 6.92 Å². The zero-order valence-electron chi connectivity index (χ0n) is 15.4. The molecular weight excluding hydrogens is 342 g/mol. The Hall–Kier alpha value is -3.54. The minimum absolute atomic E-state index is 0.293. The Kier molecular flexibility index (Phi) is 5.56. The highest BCUT2D eigenvalue weighted by atomic mass is 16.5. The second-order valence-electron chi connectivity index (χ2n) is 5.98. The summed E-state index contributed by atoms with van der Waals surface area (Å²) in [6.45, 7) is 2.04. The maximum Gasteiger partial charge on any atom is 0.257 e. The van der Waals surface area contributed by atoms with E-state index in [1.54, 1.807) is 30.5 Å². The van der Waals surface area contributed by atoms with Crippen molar-refractivity contribution in [3.05, 3.63) is 71.9 Å². The van der Waals surface area contributed by atoms with E-state index in [1.807, 2.05) is 37.3 Å². The molecule has 0 aliphatic rings. The van der Waals surface area contributed by atoms with E-state index in [0.29, 0.717) is 22.9 Å². The number of methoxy groups -OCH3 is 2. The van der Waals surface area contributed by atoms with Crippen molar-refractivity contribution >= 4 is 23.1 Å². The molecule has 1 heterocycles. The summed E-state index contributed by atoms with van der Waals surface area (Å²) in [5, 5.41) is 6.05. The molecule has 138 valence electrons. The van der Waals surface area contributed by atoms with Gasteiger partial charge in [0, 0.05) is 17.3 Å². The summed E-state index contributed by atoms with van der Waals surface area (Å²) in [6, 6.07) is 16.7. The van der Waals surface area contributed by atoms with E-state index in [1.165, 1.54) is 19.8 Å². The molecule has 0 saturated carbocycles. The fourth-order valence-corrected chi connectivity index (χ4v) is 2.56. The van der Waals surface area contributed by atoms with E-state index < -0.39 is 0 Å². The minimum atomic E-state index is -0.293. The fraction of sp³-hybridized carbons (Fsp3) is 0.143. The monoisotopic (exact) mass is 363 g/mol. The first-order valence-corrected chi connectivity index (χ1v) is 8.41. The Labute approximate surface area is 158 Å². The van der Waals surface area contributed by atoms with E-state index >= 15 is 0 Å². The largest absolute Gasteiger partial charge is 0.497 e. The first kappa shape index (κ1) is 18.3. The van der Waals surface area contributed by atoms with Crippen LogP contribution in [0.3, 0.4) is 0 Å². The standard InChI is InChI=1S/C21H21N3O3/c1-14-5-4-6-16(9-14)23-17-7-8-20(22-13-17)24-21(25)15-10-18(26-2)12-19(11-15)27-3/h4-13,23H,1-3H3,(H,22,24,25). The van der Waals surface area contributed by atoms with Gasteiger partial charge < -0.3 is 20.1 Å². The predicted molar refractivity (Wildman–Crippen MR) is 106 cm³/mol. The maximum atomic E-state index is 12.5. The van der Waals surface area contributed by atoms with Crippen LogP contribution >= 0.6 is 0 Å². The molecule has 27 heavy (non-hydrogen) atoms. The number of ether oxygens (including phenoxy) is 2. The number of anilines is 3. The number of rotatable bonds is 6. The van der Waals surface area contributed by atoms with Crippen molar-refractivity contribution in [2.24, 2.45) is 0 Å². The predicted octanol–water partition coefficient (Wildman–Crippen LogP) is 4.40. The van der Waals surface area contributed by atoms with E-state index in [9.17, 15) is 4.79 Å². The van der Waals surface area contributed by atoms with Gasteiger partial charge in [-0.1, -0.05) is 12.1 Å². The molecule has 0 radical (unpaired) electrons. The summed E-state index contributed by atoms with van der Waals surface area (Å²) in [5.41, 5.74) is 3.42. The minimum Gasteiger partial charge on any atom is -0.497 e. The number of carbonyl (C=O) groups excluding carboxylic acids is 1. The number of hydrogen-bond acceptors (Lipinski definition) is 5. The zero-order chi connectivity index (χ0) is 19.2. The van der Waals surface area contributed by atoms with Crippen molar-refractivity contribution in [1.29, 1.82) is 0 Å². The van der Waals surface area contributed by atoms with Gasteiger partial charge in [-0.05, 0) is 48.9 Å². The lowest BCUT2D eigenvalue weighted by Gasteiger charge is -2.10. The summed E-state index contributed by atoms with van der Waals surface area (Å²) in [6.07, 6.45) is 1.67. The quantitative estimate of drug-likeness (QED) is 0.679. The van der Waals surface area contributed by atoms with Crippen LogP contribution in [0.4, 0.5) is 17.2 Å². The van der Waals surface area contributed by atoms with Crippen LogP contribution in [0.25, 0.3) is 0 Å². The van der Waals surface area contributed by atoms with Gasteiger partial charge in [-0.2, -0.15) is 0 Å². The van der Waals surface area contributed by atoms with Gasteiger partial charge in [-0.25, -0.2) is 4.98 Å². The summed E-state index contributed by atoms with van der Waals surface area (Å²) in [5.74, 6) is 1.26. The SMILES string of the molecule is COc1cc(OC)cc(C(=O)Nc2ccc(Nc3cccc(C)c3)cn2)c1. The number of nitrogens with zero attached hydrogens (tertiary/aromatic N) is 1. The number of amides is 1. The van der Waals surface area contributed by atoms with Gasteiger partial charge in [0.15, 0.2) is 0 Å². The van der Waals surface area contributed by atoms with Gasteiger partial charge in [-0.3, -0.25) is 4.79 Å². The molecule has 3 rings (SSSR count). The van der Waals surface area contributed by atoms with Crippen LogP contribution in [-0.2, 0) is 0 Å². The van der Waals surface area contributed by atoms with E-state index in [4.69, 9.17) is 9.47 Å². The smallest absolute Gasteiger partial charge is 0.257 e. The molecule has 6 nitrogen and oxygen atoms in total. The molecular formula is C21H21N3O3. The van der Waals surface area contributed by atoms with Crippen molar-refractivity contribution in [3.63, 3.8) is 0 Å². The molecule has 0 unspecified atom stereocenters. The summed E-state index contributed by atoms with van der Waals surface area (Å²) in [4.78, 5) is 16.8. The van der Waals surface area contributed by atoms with Gasteiger partial charge in [0.2, 0.25) is 0 Å². The molecule has 0 aliphatic carbocycles. The molecule has 0 spiro atoms. The van der Waals surface area contributed by atoms with Crippen molar-refractivity contribution in [1.82, 2.24) is 4.98 Å². The fourth-order valence-electron chi connectivity index (χ4n) is 2.56. The highest BCUT2D eigenvalue weighted by Gasteiger charge is 2.11. The van der Waals surface area contributed by atoms with Crippen LogP contribution in [0.2, 0.25) is 0 Å². The Morgan fingerprint density at radius 3 is 2.26 bits per heavy atom. The molecule has 0 fully saturated rings. The second kappa shape index (κ2) is 8.23. The Morgan fingerprint density at radius 2 is 1.67 bits per heavy atom. The van der Waals surface area contributed by atoms with Crippen LogP contribution < -0.4 is 20.1 Å². The molecule has 0 bridgehead atoms. The van der Waals surface area contributed by atoms with Gasteiger partial charge in [0.05, 0.1) is 26.1 Å². The van der Waals surface area contributed by atoms with Crippen LogP contribution in [-0.4, -0.2) is 25.1 Å². The van der Waals surface area contributed by atoms with Gasteiger partial charge in [-0.15, -0.1) is 0 Å². The molecule has 2 N–H and O–H groups in total. The third kappa shape index (κ3) is 4.76. The average Bonchev–Trinajstić information content (AvgIpc) is 2.69. The Bertz CT molecular complexity index is 917. The van der Waals surface area contributed by atoms with E-state index in [-0.39, 0.29) is 5.91 Å². The third-order valence-electron chi connectivity index (χ3n) is 3.93. The Morgan fingerprint density at radius 1 is 0.926 bits per heavy atom. The molecule has 1 aromatic heterocycles. The number of benzene rings is 2. The van der Waals surface area contributed by atoms with Crippen molar-refractivity contribution in [2.45, 2.75) is 6.92 Å². The van der Waals surface area contributed by atoms with E-state index in [0.717, 1.165) is 11.4 Å². The zero-order valence-corrected chi connectivity index (χ0v) is 15.4. The molecule has 2 aromatic carbocycles. The summed E-state index contributed by atoms with van der Waals surface area (Å²) < 4.78 is 10.4. The van der Waals surface area contributed by atoms with Crippen LogP contribution in [0.5, 0.6) is 11.5 Å². The molecule has 0 atom stereocenters. The average molecular weight is 363 g/mol. The Balaban J connectivity index is 1.70. The normalized spacial score (nSPS) is 10.2. The molecule has 1 amide bonds. The number of aryl methyl sites for hydroxylation is 1. The molecule has 0 saturated heterocycles. The number of carbonyl (C=O) groups is 1. The first-order chi connectivity index (χ1) is 13.1. The van der Waals surface area contributed by atoms with Crippen LogP contribution in [0.15, 0.2) is 60.8 Å². The third-order valence-corrected chi connectivity index (χ3v) is 3.93. The number of hydrogen-bond donors (Lipinski definition) is 2. The van der Waals surface area contributed by atoms with Crippen molar-refractivity contribution in [3.8, 4) is 11.5 Å².